The van der Waals surface area contributed by atoms with Crippen molar-refractivity contribution in [1.82, 2.24) is 10.6 Å². The van der Waals surface area contributed by atoms with Crippen LogP contribution in [-0.4, -0.2) is 46.6 Å². The SMILES string of the molecule is CCCCCCNC(=O)CCC(NC(=O)CCCCCCCCCCCCCCCCCCC(=O)O)C(=O)O. The van der Waals surface area contributed by atoms with Crippen LogP contribution in [0.1, 0.15) is 161 Å². The molecule has 0 radical (unpaired) electrons. The van der Waals surface area contributed by atoms with Gasteiger partial charge in [-0.3, -0.25) is 14.4 Å². The molecule has 0 spiro atoms. The number of hydrogen-bond donors (Lipinski definition) is 4. The van der Waals surface area contributed by atoms with E-state index in [1.54, 1.807) is 0 Å². The predicted octanol–water partition coefficient (Wildman–Crippen LogP) is 7.14. The first-order chi connectivity index (χ1) is 18.9. The van der Waals surface area contributed by atoms with Crippen molar-refractivity contribution in [1.29, 1.82) is 0 Å². The Morgan fingerprint density at radius 2 is 0.974 bits per heavy atom. The molecule has 0 aromatic rings. The summed E-state index contributed by atoms with van der Waals surface area (Å²) in [6.45, 7) is 2.75. The van der Waals surface area contributed by atoms with Crippen molar-refractivity contribution in [3.05, 3.63) is 0 Å². The summed E-state index contributed by atoms with van der Waals surface area (Å²) in [5.41, 5.74) is 0. The highest BCUT2D eigenvalue weighted by Gasteiger charge is 2.20. The van der Waals surface area contributed by atoms with Crippen molar-refractivity contribution in [2.75, 3.05) is 6.54 Å². The lowest BCUT2D eigenvalue weighted by Crippen LogP contribution is -2.41. The minimum atomic E-state index is -1.09. The van der Waals surface area contributed by atoms with Gasteiger partial charge in [0.2, 0.25) is 11.8 Å². The highest BCUT2D eigenvalue weighted by atomic mass is 16.4. The minimum Gasteiger partial charge on any atom is -0.481 e. The van der Waals surface area contributed by atoms with Gasteiger partial charge in [0, 0.05) is 25.8 Å². The first-order valence-corrected chi connectivity index (χ1v) is 15.9. The molecule has 39 heavy (non-hydrogen) atoms. The molecule has 8 nitrogen and oxygen atoms in total. The summed E-state index contributed by atoms with van der Waals surface area (Å²) >= 11 is 0. The van der Waals surface area contributed by atoms with Crippen LogP contribution in [0.4, 0.5) is 0 Å². The number of nitrogens with one attached hydrogen (secondary N) is 2. The maximum absolute atomic E-state index is 12.2. The van der Waals surface area contributed by atoms with Gasteiger partial charge in [0.15, 0.2) is 0 Å². The van der Waals surface area contributed by atoms with E-state index in [1.807, 2.05) is 0 Å². The number of carbonyl (C=O) groups is 4. The van der Waals surface area contributed by atoms with Gasteiger partial charge in [0.1, 0.15) is 6.04 Å². The van der Waals surface area contributed by atoms with Crippen LogP contribution in [-0.2, 0) is 19.2 Å². The molecular formula is C31H58N2O6. The van der Waals surface area contributed by atoms with Crippen LogP contribution in [0.2, 0.25) is 0 Å². The molecule has 0 aliphatic rings. The summed E-state index contributed by atoms with van der Waals surface area (Å²) in [6, 6.07) is -1.02. The van der Waals surface area contributed by atoms with E-state index in [1.165, 1.54) is 64.2 Å². The molecule has 0 fully saturated rings. The molecule has 0 aliphatic heterocycles. The third-order valence-electron chi connectivity index (χ3n) is 7.19. The van der Waals surface area contributed by atoms with Gasteiger partial charge in [0.05, 0.1) is 0 Å². The molecule has 0 saturated carbocycles. The van der Waals surface area contributed by atoms with Gasteiger partial charge in [-0.15, -0.1) is 0 Å². The lowest BCUT2D eigenvalue weighted by Gasteiger charge is -2.14. The Labute approximate surface area is 237 Å². The zero-order valence-corrected chi connectivity index (χ0v) is 24.8. The van der Waals surface area contributed by atoms with E-state index >= 15 is 0 Å². The van der Waals surface area contributed by atoms with E-state index in [0.29, 0.717) is 19.4 Å². The molecule has 4 N–H and O–H groups in total. The fourth-order valence-corrected chi connectivity index (χ4v) is 4.70. The Kier molecular flexibility index (Phi) is 26.0. The Hall–Kier alpha value is -2.12. The third kappa shape index (κ3) is 27.2. The average molecular weight is 555 g/mol. The van der Waals surface area contributed by atoms with E-state index < -0.39 is 18.0 Å². The van der Waals surface area contributed by atoms with E-state index in [-0.39, 0.29) is 24.7 Å². The van der Waals surface area contributed by atoms with E-state index in [4.69, 9.17) is 5.11 Å². The van der Waals surface area contributed by atoms with Crippen LogP contribution in [0.3, 0.4) is 0 Å². The van der Waals surface area contributed by atoms with Crippen molar-refractivity contribution in [3.63, 3.8) is 0 Å². The second-order valence-corrected chi connectivity index (χ2v) is 11.0. The van der Waals surface area contributed by atoms with Crippen LogP contribution in [0.25, 0.3) is 0 Å². The summed E-state index contributed by atoms with van der Waals surface area (Å²) in [6.07, 6.45) is 23.6. The molecule has 0 aliphatic carbocycles. The molecule has 0 rings (SSSR count). The highest BCUT2D eigenvalue weighted by Crippen LogP contribution is 2.14. The monoisotopic (exact) mass is 554 g/mol. The molecule has 8 heteroatoms. The topological polar surface area (TPSA) is 133 Å². The summed E-state index contributed by atoms with van der Waals surface area (Å²) in [4.78, 5) is 46.0. The lowest BCUT2D eigenvalue weighted by molar-refractivity contribution is -0.142. The van der Waals surface area contributed by atoms with Crippen LogP contribution >= 0.6 is 0 Å². The molecule has 228 valence electrons. The fourth-order valence-electron chi connectivity index (χ4n) is 4.70. The Morgan fingerprint density at radius 1 is 0.538 bits per heavy atom. The van der Waals surface area contributed by atoms with Crippen molar-refractivity contribution < 1.29 is 29.4 Å². The van der Waals surface area contributed by atoms with Crippen molar-refractivity contribution in [2.24, 2.45) is 0 Å². The second-order valence-electron chi connectivity index (χ2n) is 11.0. The quantitative estimate of drug-likeness (QED) is 0.0726. The number of unbranched alkanes of at least 4 members (excludes halogenated alkanes) is 18. The number of carboxylic acids is 2. The molecular weight excluding hydrogens is 496 g/mol. The molecule has 0 bridgehead atoms. The molecule has 0 aromatic heterocycles. The van der Waals surface area contributed by atoms with E-state index in [0.717, 1.165) is 64.2 Å². The Balaban J connectivity index is 3.57. The molecule has 1 unspecified atom stereocenters. The maximum atomic E-state index is 12.2. The number of amides is 2. The lowest BCUT2D eigenvalue weighted by atomic mass is 10.0. The van der Waals surface area contributed by atoms with Gasteiger partial charge in [-0.25, -0.2) is 4.79 Å². The molecule has 0 aromatic carbocycles. The van der Waals surface area contributed by atoms with Crippen molar-refractivity contribution >= 4 is 23.8 Å². The van der Waals surface area contributed by atoms with Crippen LogP contribution in [0.15, 0.2) is 0 Å². The van der Waals surface area contributed by atoms with E-state index in [9.17, 15) is 24.3 Å². The van der Waals surface area contributed by atoms with Crippen LogP contribution < -0.4 is 10.6 Å². The number of aliphatic carboxylic acids is 2. The van der Waals surface area contributed by atoms with Gasteiger partial charge >= 0.3 is 11.9 Å². The number of hydrogen-bond acceptors (Lipinski definition) is 4. The first kappa shape index (κ1) is 36.9. The molecule has 0 saturated heterocycles. The molecule has 2 amide bonds. The fraction of sp³-hybridized carbons (Fsp3) is 0.871. The minimum absolute atomic E-state index is 0.0998. The largest absolute Gasteiger partial charge is 0.481 e. The van der Waals surface area contributed by atoms with Crippen molar-refractivity contribution in [3.8, 4) is 0 Å². The molecule has 1 atom stereocenters. The average Bonchev–Trinajstić information content (AvgIpc) is 2.89. The third-order valence-corrected chi connectivity index (χ3v) is 7.19. The van der Waals surface area contributed by atoms with Gasteiger partial charge in [0.25, 0.3) is 0 Å². The summed E-state index contributed by atoms with van der Waals surface area (Å²) in [5.74, 6) is -2.19. The second kappa shape index (κ2) is 27.4. The first-order valence-electron chi connectivity index (χ1n) is 15.9. The Bertz CT molecular complexity index is 641. The van der Waals surface area contributed by atoms with Gasteiger partial charge in [-0.2, -0.15) is 0 Å². The standard InChI is InChI=1S/C31H58N2O6/c1-2-3-4-21-26-32-28(34)25-24-27(31(38)39)33-29(35)22-19-17-15-13-11-9-7-5-6-8-10-12-14-16-18-20-23-30(36)37/h27H,2-26H2,1H3,(H,32,34)(H,33,35)(H,36,37)(H,38,39). The van der Waals surface area contributed by atoms with Gasteiger partial charge in [-0.05, 0) is 25.7 Å². The molecule has 0 heterocycles. The summed E-state index contributed by atoms with van der Waals surface area (Å²) < 4.78 is 0. The zero-order chi connectivity index (χ0) is 29.0. The summed E-state index contributed by atoms with van der Waals surface area (Å²) in [5, 5.41) is 23.4. The number of rotatable bonds is 29. The summed E-state index contributed by atoms with van der Waals surface area (Å²) in [7, 11) is 0. The number of carboxylic acid groups (broad SMARTS) is 2. The van der Waals surface area contributed by atoms with Crippen LogP contribution in [0, 0.1) is 0 Å². The zero-order valence-electron chi connectivity index (χ0n) is 24.8. The van der Waals surface area contributed by atoms with Gasteiger partial charge in [-0.1, -0.05) is 116 Å². The van der Waals surface area contributed by atoms with Crippen molar-refractivity contribution in [2.45, 2.75) is 167 Å². The highest BCUT2D eigenvalue weighted by molar-refractivity contribution is 5.84. The maximum Gasteiger partial charge on any atom is 0.326 e. The predicted molar refractivity (Wildman–Crippen MR) is 157 cm³/mol. The van der Waals surface area contributed by atoms with Crippen LogP contribution in [0.5, 0.6) is 0 Å². The number of carbonyl (C=O) groups excluding carboxylic acids is 2. The van der Waals surface area contributed by atoms with E-state index in [2.05, 4.69) is 17.6 Å². The Morgan fingerprint density at radius 3 is 1.41 bits per heavy atom. The normalized spacial score (nSPS) is 11.7. The van der Waals surface area contributed by atoms with Gasteiger partial charge < -0.3 is 20.8 Å². The smallest absolute Gasteiger partial charge is 0.326 e.